The van der Waals surface area contributed by atoms with E-state index in [1.165, 1.54) is 44.4 Å². The Morgan fingerprint density at radius 2 is 1.59 bits per heavy atom. The highest BCUT2D eigenvalue weighted by Gasteiger charge is 2.50. The van der Waals surface area contributed by atoms with Crippen LogP contribution in [-0.2, 0) is 28.5 Å². The summed E-state index contributed by atoms with van der Waals surface area (Å²) in [5.41, 5.74) is 0.649. The number of phenolic OH excluding ortho intramolecular Hbond substituents is 3. The van der Waals surface area contributed by atoms with Gasteiger partial charge in [0.05, 0.1) is 19.8 Å². The first-order valence-electron chi connectivity index (χ1n) is 14.2. The average molecular weight is 655 g/mol. The third-order valence-electron chi connectivity index (χ3n) is 7.55. The number of benzene rings is 2. The SMILES string of the molecule is COc1cc(/C=C/C(=O)OC[C@H]2O[C@@H](OC[C@H](O)c3ccc(O)c(O)c3)[C@H](O)[C@@H](O[C@@H]3O[C@@H](C)[C@H](O)[C@@H](O)[C@H]3O)[C@@H]2O)ccc1O. The number of methoxy groups -OCH3 is 1. The van der Waals surface area contributed by atoms with E-state index in [1.54, 1.807) is 0 Å². The Labute approximate surface area is 262 Å². The van der Waals surface area contributed by atoms with Gasteiger partial charge in [-0.15, -0.1) is 0 Å². The quantitative estimate of drug-likeness (QED) is 0.0782. The van der Waals surface area contributed by atoms with Crippen LogP contribution in [0.1, 0.15) is 24.2 Å². The third kappa shape index (κ3) is 8.23. The van der Waals surface area contributed by atoms with Crippen molar-refractivity contribution < 1.29 is 79.2 Å². The minimum atomic E-state index is -1.79. The lowest BCUT2D eigenvalue weighted by molar-refractivity contribution is -0.358. The molecule has 2 fully saturated rings. The van der Waals surface area contributed by atoms with Gasteiger partial charge in [0.1, 0.15) is 55.4 Å². The molecule has 0 aliphatic carbocycles. The van der Waals surface area contributed by atoms with E-state index in [0.717, 1.165) is 18.2 Å². The van der Waals surface area contributed by atoms with Gasteiger partial charge in [-0.05, 0) is 48.4 Å². The lowest BCUT2D eigenvalue weighted by atomic mass is 9.97. The summed E-state index contributed by atoms with van der Waals surface area (Å²) >= 11 is 0. The molecule has 0 amide bonds. The van der Waals surface area contributed by atoms with E-state index in [4.69, 9.17) is 28.4 Å². The summed E-state index contributed by atoms with van der Waals surface area (Å²) in [4.78, 5) is 12.5. The molecule has 0 unspecified atom stereocenters. The molecule has 0 bridgehead atoms. The van der Waals surface area contributed by atoms with Crippen LogP contribution in [0, 0.1) is 0 Å². The Kier molecular flexibility index (Phi) is 11.8. The number of carbonyl (C=O) groups excluding carboxylic acids is 1. The van der Waals surface area contributed by atoms with Crippen molar-refractivity contribution in [1.82, 2.24) is 0 Å². The second-order valence-electron chi connectivity index (χ2n) is 10.8. The first-order valence-corrected chi connectivity index (χ1v) is 14.2. The van der Waals surface area contributed by atoms with Crippen molar-refractivity contribution in [2.75, 3.05) is 20.3 Å². The molecular formula is C30H38O16. The number of aliphatic hydroxyl groups excluding tert-OH is 6. The number of phenols is 3. The summed E-state index contributed by atoms with van der Waals surface area (Å²) in [6, 6.07) is 7.95. The van der Waals surface area contributed by atoms with Crippen LogP contribution in [0.15, 0.2) is 42.5 Å². The fourth-order valence-electron chi connectivity index (χ4n) is 4.82. The molecule has 0 aromatic heterocycles. The lowest BCUT2D eigenvalue weighted by Gasteiger charge is -2.45. The molecule has 2 aromatic rings. The Bertz CT molecular complexity index is 1350. The van der Waals surface area contributed by atoms with Crippen molar-refractivity contribution in [3.63, 3.8) is 0 Å². The van der Waals surface area contributed by atoms with Gasteiger partial charge in [-0.3, -0.25) is 0 Å². The van der Waals surface area contributed by atoms with Crippen molar-refractivity contribution in [1.29, 1.82) is 0 Å². The van der Waals surface area contributed by atoms with Gasteiger partial charge < -0.3 is 74.4 Å². The van der Waals surface area contributed by atoms with E-state index in [-0.39, 0.29) is 17.1 Å². The maximum atomic E-state index is 12.5. The van der Waals surface area contributed by atoms with Crippen LogP contribution in [0.5, 0.6) is 23.0 Å². The van der Waals surface area contributed by atoms with Crippen LogP contribution >= 0.6 is 0 Å². The van der Waals surface area contributed by atoms with Gasteiger partial charge in [0, 0.05) is 6.08 Å². The Morgan fingerprint density at radius 3 is 2.28 bits per heavy atom. The fraction of sp³-hybridized carbons (Fsp3) is 0.500. The van der Waals surface area contributed by atoms with Gasteiger partial charge in [0.25, 0.3) is 0 Å². The zero-order valence-electron chi connectivity index (χ0n) is 24.8. The number of rotatable bonds is 11. The minimum Gasteiger partial charge on any atom is -0.504 e. The average Bonchev–Trinajstić information content (AvgIpc) is 3.04. The second kappa shape index (κ2) is 15.4. The molecule has 11 atom stereocenters. The number of hydrogen-bond acceptors (Lipinski definition) is 16. The summed E-state index contributed by atoms with van der Waals surface area (Å²) in [6.07, 6.45) is -14.6. The maximum Gasteiger partial charge on any atom is 0.330 e. The molecule has 254 valence electrons. The largest absolute Gasteiger partial charge is 0.504 e. The van der Waals surface area contributed by atoms with Gasteiger partial charge >= 0.3 is 5.97 Å². The highest BCUT2D eigenvalue weighted by atomic mass is 16.7. The molecule has 9 N–H and O–H groups in total. The normalized spacial score (nSPS) is 32.3. The summed E-state index contributed by atoms with van der Waals surface area (Å²) < 4.78 is 32.6. The molecule has 2 aliphatic heterocycles. The van der Waals surface area contributed by atoms with Gasteiger partial charge in [0.15, 0.2) is 35.6 Å². The van der Waals surface area contributed by atoms with E-state index in [1.807, 2.05) is 0 Å². The molecule has 0 spiro atoms. The van der Waals surface area contributed by atoms with Gasteiger partial charge in [-0.1, -0.05) is 12.1 Å². The number of aromatic hydroxyl groups is 3. The van der Waals surface area contributed by atoms with Crippen LogP contribution in [-0.4, -0.2) is 134 Å². The lowest BCUT2D eigenvalue weighted by Crippen LogP contribution is -2.64. The third-order valence-corrected chi connectivity index (χ3v) is 7.55. The monoisotopic (exact) mass is 654 g/mol. The molecule has 2 heterocycles. The summed E-state index contributed by atoms with van der Waals surface area (Å²) in [5.74, 6) is -1.67. The van der Waals surface area contributed by atoms with Crippen LogP contribution in [0.2, 0.25) is 0 Å². The maximum absolute atomic E-state index is 12.5. The van der Waals surface area contributed by atoms with Gasteiger partial charge in [-0.2, -0.15) is 0 Å². The van der Waals surface area contributed by atoms with E-state index < -0.39 is 98.2 Å². The highest BCUT2D eigenvalue weighted by Crippen LogP contribution is 2.32. The van der Waals surface area contributed by atoms with E-state index in [2.05, 4.69) is 0 Å². The Hall–Kier alpha value is -3.55. The molecule has 2 saturated heterocycles. The van der Waals surface area contributed by atoms with Crippen LogP contribution in [0.3, 0.4) is 0 Å². The number of aliphatic hydroxyl groups is 6. The van der Waals surface area contributed by atoms with Crippen molar-refractivity contribution >= 4 is 12.0 Å². The topological polar surface area (TPSA) is 255 Å². The Morgan fingerprint density at radius 1 is 0.870 bits per heavy atom. The van der Waals surface area contributed by atoms with Crippen LogP contribution < -0.4 is 4.74 Å². The number of carbonyl (C=O) groups is 1. The van der Waals surface area contributed by atoms with Crippen molar-refractivity contribution in [2.24, 2.45) is 0 Å². The number of hydrogen-bond donors (Lipinski definition) is 9. The minimum absolute atomic E-state index is 0.0959. The van der Waals surface area contributed by atoms with Crippen molar-refractivity contribution in [3.8, 4) is 23.0 Å². The molecular weight excluding hydrogens is 616 g/mol. The zero-order chi connectivity index (χ0) is 33.7. The zero-order valence-corrected chi connectivity index (χ0v) is 24.8. The van der Waals surface area contributed by atoms with Gasteiger partial charge in [0.2, 0.25) is 0 Å². The molecule has 46 heavy (non-hydrogen) atoms. The van der Waals surface area contributed by atoms with E-state index in [9.17, 15) is 50.8 Å². The van der Waals surface area contributed by atoms with Gasteiger partial charge in [-0.25, -0.2) is 4.79 Å². The smallest absolute Gasteiger partial charge is 0.330 e. The predicted molar refractivity (Wildman–Crippen MR) is 153 cm³/mol. The Balaban J connectivity index is 1.47. The van der Waals surface area contributed by atoms with E-state index in [0.29, 0.717) is 5.56 Å². The van der Waals surface area contributed by atoms with Crippen LogP contribution in [0.25, 0.3) is 6.08 Å². The number of ether oxygens (including phenoxy) is 6. The number of esters is 1. The molecule has 4 rings (SSSR count). The standard InChI is InChI=1S/C30H38O16/c1-13-23(36)25(38)26(39)30(44-13)46-28-24(37)21(12-42-22(35)8-4-14-3-6-17(32)20(9-14)41-2)45-29(27(28)40)43-11-19(34)15-5-7-16(31)18(33)10-15/h3-10,13,19,21,23-34,36-40H,11-12H2,1-2H3/b8-4+/t13-,19-,21+,23-,24+,25+,26+,27+,28-,29+,30-/m0/s1. The van der Waals surface area contributed by atoms with Crippen LogP contribution in [0.4, 0.5) is 0 Å². The molecule has 2 aliphatic rings. The predicted octanol–water partition coefficient (Wildman–Crippen LogP) is -1.22. The molecule has 2 aromatic carbocycles. The van der Waals surface area contributed by atoms with Crippen molar-refractivity contribution in [2.45, 2.75) is 74.4 Å². The second-order valence-corrected chi connectivity index (χ2v) is 10.8. The first-order chi connectivity index (χ1) is 21.8. The van der Waals surface area contributed by atoms with Crippen molar-refractivity contribution in [3.05, 3.63) is 53.6 Å². The molecule has 0 radical (unpaired) electrons. The fourth-order valence-corrected chi connectivity index (χ4v) is 4.82. The summed E-state index contributed by atoms with van der Waals surface area (Å²) in [7, 11) is 1.36. The van der Waals surface area contributed by atoms with E-state index >= 15 is 0 Å². The molecule has 16 heteroatoms. The summed E-state index contributed by atoms with van der Waals surface area (Å²) in [6.45, 7) is 0.298. The molecule has 0 saturated carbocycles. The summed E-state index contributed by atoms with van der Waals surface area (Å²) in [5, 5.41) is 92.3. The first kappa shape index (κ1) is 35.3. The molecule has 16 nitrogen and oxygen atoms in total. The highest BCUT2D eigenvalue weighted by molar-refractivity contribution is 5.87.